The molecule has 6 heteroatoms. The smallest absolute Gasteiger partial charge is 0.300 e. The Morgan fingerprint density at radius 2 is 1.73 bits per heavy atom. The number of rotatable bonds is 3. The molecular formula is C27H25BrN2O3. The van der Waals surface area contributed by atoms with Crippen LogP contribution in [0.2, 0.25) is 0 Å². The van der Waals surface area contributed by atoms with Crippen LogP contribution in [-0.2, 0) is 15.0 Å². The Morgan fingerprint density at radius 3 is 2.30 bits per heavy atom. The first kappa shape index (κ1) is 22.9. The highest BCUT2D eigenvalue weighted by Gasteiger charge is 2.47. The number of ketones is 1. The summed E-state index contributed by atoms with van der Waals surface area (Å²) in [6.45, 7) is 8.24. The van der Waals surface area contributed by atoms with E-state index in [1.54, 1.807) is 36.5 Å². The number of Topliss-reactive ketones (excluding diaryl/α,β-unsaturated/α-hetero) is 1. The van der Waals surface area contributed by atoms with E-state index >= 15 is 0 Å². The fraction of sp³-hybridized carbons (Fsp3) is 0.222. The number of benzene rings is 2. The van der Waals surface area contributed by atoms with Gasteiger partial charge in [-0.25, -0.2) is 0 Å². The Hall–Kier alpha value is -3.25. The molecule has 0 radical (unpaired) electrons. The van der Waals surface area contributed by atoms with E-state index in [9.17, 15) is 14.7 Å². The molecule has 1 unspecified atom stereocenters. The molecule has 168 valence electrons. The summed E-state index contributed by atoms with van der Waals surface area (Å²) >= 11 is 3.45. The molecule has 0 bridgehead atoms. The van der Waals surface area contributed by atoms with Gasteiger partial charge in [0, 0.05) is 21.9 Å². The van der Waals surface area contributed by atoms with Crippen LogP contribution in [0.5, 0.6) is 0 Å². The van der Waals surface area contributed by atoms with Crippen LogP contribution >= 0.6 is 15.9 Å². The second kappa shape index (κ2) is 8.60. The molecule has 1 fully saturated rings. The highest BCUT2D eigenvalue weighted by atomic mass is 79.9. The third-order valence-corrected chi connectivity index (χ3v) is 6.74. The molecule has 1 aromatic heterocycles. The standard InChI is InChI=1S/C27H25BrN2O3/c1-16-15-17(8-13-20(16)28)24(31)22-23(21-7-5-6-14-29-21)30(26(33)25(22)32)19-11-9-18(10-12-19)27(2,3)4/h5-15,23,31H,1-4H3/b24-22-. The summed E-state index contributed by atoms with van der Waals surface area (Å²) in [6, 6.07) is 17.4. The van der Waals surface area contributed by atoms with Gasteiger partial charge in [-0.2, -0.15) is 0 Å². The molecule has 3 aromatic rings. The van der Waals surface area contributed by atoms with E-state index in [-0.39, 0.29) is 16.7 Å². The van der Waals surface area contributed by atoms with E-state index in [1.807, 2.05) is 37.3 Å². The van der Waals surface area contributed by atoms with Crippen LogP contribution in [0, 0.1) is 6.92 Å². The van der Waals surface area contributed by atoms with Crippen LogP contribution in [0.25, 0.3) is 5.76 Å². The summed E-state index contributed by atoms with van der Waals surface area (Å²) in [5.41, 5.74) is 3.55. The number of aliphatic hydroxyl groups is 1. The van der Waals surface area contributed by atoms with Gasteiger partial charge >= 0.3 is 0 Å². The number of anilines is 1. The zero-order valence-corrected chi connectivity index (χ0v) is 20.6. The Balaban J connectivity index is 1.90. The van der Waals surface area contributed by atoms with Crippen LogP contribution in [0.15, 0.2) is 76.9 Å². The maximum atomic E-state index is 13.2. The zero-order chi connectivity index (χ0) is 23.9. The molecule has 2 heterocycles. The minimum absolute atomic E-state index is 0.0281. The van der Waals surface area contributed by atoms with Crippen molar-refractivity contribution < 1.29 is 14.7 Å². The van der Waals surface area contributed by atoms with Crippen molar-refractivity contribution in [1.82, 2.24) is 4.98 Å². The van der Waals surface area contributed by atoms with Crippen LogP contribution in [0.3, 0.4) is 0 Å². The average molecular weight is 505 g/mol. The number of aryl methyl sites for hydroxylation is 1. The van der Waals surface area contributed by atoms with E-state index in [4.69, 9.17) is 0 Å². The molecule has 0 saturated carbocycles. The number of carbonyl (C=O) groups excluding carboxylic acids is 2. The van der Waals surface area contributed by atoms with Gasteiger partial charge in [0.1, 0.15) is 11.8 Å². The fourth-order valence-corrected chi connectivity index (χ4v) is 4.23. The van der Waals surface area contributed by atoms with Gasteiger partial charge in [0.25, 0.3) is 11.7 Å². The van der Waals surface area contributed by atoms with Crippen molar-refractivity contribution in [2.75, 3.05) is 4.90 Å². The molecule has 1 aliphatic rings. The number of nitrogens with zero attached hydrogens (tertiary/aromatic N) is 2. The summed E-state index contributed by atoms with van der Waals surface area (Å²) in [5, 5.41) is 11.2. The SMILES string of the molecule is Cc1cc(/C(O)=C2/C(=O)C(=O)N(c3ccc(C(C)(C)C)cc3)C2c2ccccn2)ccc1Br. The van der Waals surface area contributed by atoms with Crippen molar-refractivity contribution in [3.05, 3.63) is 99.3 Å². The summed E-state index contributed by atoms with van der Waals surface area (Å²) in [6.07, 6.45) is 1.61. The third-order valence-electron chi connectivity index (χ3n) is 5.86. The average Bonchev–Trinajstić information content (AvgIpc) is 3.06. The van der Waals surface area contributed by atoms with Crippen molar-refractivity contribution >= 4 is 39.1 Å². The molecule has 5 nitrogen and oxygen atoms in total. The Kier molecular flexibility index (Phi) is 5.97. The molecule has 1 atom stereocenters. The number of hydrogen-bond acceptors (Lipinski definition) is 4. The minimum atomic E-state index is -0.837. The quantitative estimate of drug-likeness (QED) is 0.266. The second-order valence-corrected chi connectivity index (χ2v) is 10.0. The molecule has 4 rings (SSSR count). The van der Waals surface area contributed by atoms with Crippen molar-refractivity contribution in [2.45, 2.75) is 39.2 Å². The molecular weight excluding hydrogens is 480 g/mol. The van der Waals surface area contributed by atoms with E-state index in [2.05, 4.69) is 41.7 Å². The second-order valence-electron chi connectivity index (χ2n) is 9.18. The Bertz CT molecular complexity index is 1260. The maximum Gasteiger partial charge on any atom is 0.300 e. The van der Waals surface area contributed by atoms with Gasteiger partial charge < -0.3 is 5.11 Å². The van der Waals surface area contributed by atoms with Crippen molar-refractivity contribution in [1.29, 1.82) is 0 Å². The van der Waals surface area contributed by atoms with Gasteiger partial charge in [-0.1, -0.05) is 61.0 Å². The van der Waals surface area contributed by atoms with Gasteiger partial charge in [-0.05, 0) is 59.9 Å². The van der Waals surface area contributed by atoms with Crippen LogP contribution in [-0.4, -0.2) is 21.8 Å². The van der Waals surface area contributed by atoms with Crippen LogP contribution < -0.4 is 4.90 Å². The molecule has 0 aliphatic carbocycles. The highest BCUT2D eigenvalue weighted by molar-refractivity contribution is 9.10. The molecule has 0 spiro atoms. The first-order valence-corrected chi connectivity index (χ1v) is 11.5. The summed E-state index contributed by atoms with van der Waals surface area (Å²) < 4.78 is 0.889. The number of halogens is 1. The largest absolute Gasteiger partial charge is 0.507 e. The summed E-state index contributed by atoms with van der Waals surface area (Å²) in [4.78, 5) is 32.3. The predicted molar refractivity (Wildman–Crippen MR) is 133 cm³/mol. The van der Waals surface area contributed by atoms with E-state index in [0.717, 1.165) is 15.6 Å². The maximum absolute atomic E-state index is 13.2. The van der Waals surface area contributed by atoms with Crippen LogP contribution in [0.1, 0.15) is 49.2 Å². The van der Waals surface area contributed by atoms with Gasteiger partial charge in [-0.15, -0.1) is 0 Å². The molecule has 1 aliphatic heterocycles. The van der Waals surface area contributed by atoms with Crippen molar-refractivity contribution in [2.24, 2.45) is 0 Å². The monoisotopic (exact) mass is 504 g/mol. The van der Waals surface area contributed by atoms with E-state index in [0.29, 0.717) is 16.9 Å². The lowest BCUT2D eigenvalue weighted by molar-refractivity contribution is -0.132. The topological polar surface area (TPSA) is 70.5 Å². The number of aromatic nitrogens is 1. The first-order chi connectivity index (χ1) is 15.6. The number of aliphatic hydroxyl groups excluding tert-OH is 1. The lowest BCUT2D eigenvalue weighted by Gasteiger charge is -2.26. The first-order valence-electron chi connectivity index (χ1n) is 10.7. The Labute approximate surface area is 201 Å². The molecule has 1 saturated heterocycles. The number of hydrogen-bond donors (Lipinski definition) is 1. The minimum Gasteiger partial charge on any atom is -0.507 e. The summed E-state index contributed by atoms with van der Waals surface area (Å²) in [5.74, 6) is -1.64. The predicted octanol–water partition coefficient (Wildman–Crippen LogP) is 6.08. The molecule has 1 amide bonds. The highest BCUT2D eigenvalue weighted by Crippen LogP contribution is 2.42. The molecule has 1 N–H and O–H groups in total. The Morgan fingerprint density at radius 1 is 1.03 bits per heavy atom. The molecule has 2 aromatic carbocycles. The number of amides is 1. The third kappa shape index (κ3) is 4.23. The summed E-state index contributed by atoms with van der Waals surface area (Å²) in [7, 11) is 0. The van der Waals surface area contributed by atoms with Crippen molar-refractivity contribution in [3.63, 3.8) is 0 Å². The van der Waals surface area contributed by atoms with Crippen molar-refractivity contribution in [3.8, 4) is 0 Å². The normalized spacial score (nSPS) is 18.1. The van der Waals surface area contributed by atoms with Crippen LogP contribution in [0.4, 0.5) is 5.69 Å². The van der Waals surface area contributed by atoms with Gasteiger partial charge in [0.2, 0.25) is 0 Å². The lowest BCUT2D eigenvalue weighted by Crippen LogP contribution is -2.30. The van der Waals surface area contributed by atoms with Gasteiger partial charge in [0.15, 0.2) is 0 Å². The number of pyridine rings is 1. The number of carbonyl (C=O) groups is 2. The van der Waals surface area contributed by atoms with E-state index in [1.165, 1.54) is 4.90 Å². The molecule has 33 heavy (non-hydrogen) atoms. The lowest BCUT2D eigenvalue weighted by atomic mass is 9.87. The zero-order valence-electron chi connectivity index (χ0n) is 19.0. The fourth-order valence-electron chi connectivity index (χ4n) is 3.99. The van der Waals surface area contributed by atoms with Gasteiger partial charge in [0.05, 0.1) is 11.3 Å². The van der Waals surface area contributed by atoms with Gasteiger partial charge in [-0.3, -0.25) is 19.5 Å². The van der Waals surface area contributed by atoms with E-state index < -0.39 is 17.7 Å².